The molecule has 4 heteroatoms. The Hall–Kier alpha value is -3.27. The molecular weight excluding hydrogens is 424 g/mol. The molecule has 1 N–H and O–H groups in total. The van der Waals surface area contributed by atoms with Crippen molar-refractivity contribution in [1.29, 1.82) is 0 Å². The van der Waals surface area contributed by atoms with Crippen LogP contribution in [-0.2, 0) is 11.2 Å². The molecule has 0 aromatic heterocycles. The molecule has 2 unspecified atom stereocenters. The second-order valence-electron chi connectivity index (χ2n) is 10.0. The van der Waals surface area contributed by atoms with E-state index in [2.05, 4.69) is 60.7 Å². The molecule has 1 aliphatic heterocycles. The molecule has 34 heavy (non-hydrogen) atoms. The van der Waals surface area contributed by atoms with Crippen LogP contribution < -0.4 is 9.47 Å². The maximum Gasteiger partial charge on any atom is 0.303 e. The molecule has 1 heterocycles. The highest BCUT2D eigenvalue weighted by atomic mass is 16.5. The van der Waals surface area contributed by atoms with Crippen molar-refractivity contribution >= 4 is 5.97 Å². The number of carboxylic acids is 1. The van der Waals surface area contributed by atoms with Gasteiger partial charge in [0, 0.05) is 0 Å². The third kappa shape index (κ3) is 4.68. The molecule has 0 amide bonds. The number of hydrogen-bond donors (Lipinski definition) is 1. The van der Waals surface area contributed by atoms with Gasteiger partial charge in [0.15, 0.2) is 0 Å². The van der Waals surface area contributed by atoms with Gasteiger partial charge in [0.1, 0.15) is 17.6 Å². The number of rotatable bonds is 8. The van der Waals surface area contributed by atoms with Gasteiger partial charge in [-0.3, -0.25) is 4.79 Å². The SMILES string of the molecule is O=C(O)CC(c1ccc2c(c1)OC(c1ccc(-c3cccc(OC4CC4)c3)cc1)CC2)C1CC1. The molecule has 0 radical (unpaired) electrons. The van der Waals surface area contributed by atoms with Crippen molar-refractivity contribution in [1.82, 2.24) is 0 Å². The number of aryl methyl sites for hydroxylation is 1. The molecule has 0 bridgehead atoms. The largest absolute Gasteiger partial charge is 0.490 e. The zero-order valence-corrected chi connectivity index (χ0v) is 19.3. The lowest BCUT2D eigenvalue weighted by Crippen LogP contribution is -2.16. The summed E-state index contributed by atoms with van der Waals surface area (Å²) in [6.45, 7) is 0. The predicted octanol–water partition coefficient (Wildman–Crippen LogP) is 6.93. The molecule has 2 fully saturated rings. The summed E-state index contributed by atoms with van der Waals surface area (Å²) in [5, 5.41) is 9.37. The molecular formula is C30H30O4. The van der Waals surface area contributed by atoms with E-state index in [0.717, 1.165) is 61.2 Å². The normalized spacial score (nSPS) is 20.2. The second-order valence-corrected chi connectivity index (χ2v) is 10.0. The quantitative estimate of drug-likeness (QED) is 0.401. The summed E-state index contributed by atoms with van der Waals surface area (Å²) in [5.74, 6) is 1.72. The van der Waals surface area contributed by atoms with Gasteiger partial charge in [-0.1, -0.05) is 48.5 Å². The number of benzene rings is 3. The first-order valence-electron chi connectivity index (χ1n) is 12.5. The second kappa shape index (κ2) is 8.83. The van der Waals surface area contributed by atoms with Gasteiger partial charge < -0.3 is 14.6 Å². The van der Waals surface area contributed by atoms with Gasteiger partial charge in [-0.2, -0.15) is 0 Å². The van der Waals surface area contributed by atoms with Gasteiger partial charge in [0.25, 0.3) is 0 Å². The lowest BCUT2D eigenvalue weighted by Gasteiger charge is -2.28. The lowest BCUT2D eigenvalue weighted by molar-refractivity contribution is -0.137. The number of carboxylic acid groups (broad SMARTS) is 1. The summed E-state index contributed by atoms with van der Waals surface area (Å²) in [6.07, 6.45) is 7.08. The zero-order chi connectivity index (χ0) is 23.1. The molecule has 3 aromatic carbocycles. The monoisotopic (exact) mass is 454 g/mol. The minimum atomic E-state index is -0.724. The molecule has 174 valence electrons. The third-order valence-electron chi connectivity index (χ3n) is 7.33. The first-order valence-corrected chi connectivity index (χ1v) is 12.5. The maximum atomic E-state index is 11.4. The van der Waals surface area contributed by atoms with Crippen molar-refractivity contribution in [3.05, 3.63) is 83.4 Å². The lowest BCUT2D eigenvalue weighted by atomic mass is 9.88. The van der Waals surface area contributed by atoms with Crippen molar-refractivity contribution in [2.75, 3.05) is 0 Å². The van der Waals surface area contributed by atoms with Crippen molar-refractivity contribution < 1.29 is 19.4 Å². The van der Waals surface area contributed by atoms with E-state index < -0.39 is 5.97 Å². The molecule has 2 saturated carbocycles. The van der Waals surface area contributed by atoms with Crippen molar-refractivity contribution in [3.63, 3.8) is 0 Å². The highest BCUT2D eigenvalue weighted by Gasteiger charge is 2.34. The summed E-state index contributed by atoms with van der Waals surface area (Å²) in [7, 11) is 0. The number of carbonyl (C=O) groups is 1. The average molecular weight is 455 g/mol. The summed E-state index contributed by atoms with van der Waals surface area (Å²) in [5.41, 5.74) is 5.83. The van der Waals surface area contributed by atoms with Gasteiger partial charge in [-0.05, 0) is 96.4 Å². The van der Waals surface area contributed by atoms with E-state index in [4.69, 9.17) is 9.47 Å². The van der Waals surface area contributed by atoms with Gasteiger partial charge in [-0.25, -0.2) is 0 Å². The number of hydrogen-bond acceptors (Lipinski definition) is 3. The molecule has 4 nitrogen and oxygen atoms in total. The smallest absolute Gasteiger partial charge is 0.303 e. The van der Waals surface area contributed by atoms with Crippen LogP contribution in [0.15, 0.2) is 66.7 Å². The van der Waals surface area contributed by atoms with Crippen molar-refractivity contribution in [3.8, 4) is 22.6 Å². The minimum Gasteiger partial charge on any atom is -0.490 e. The number of ether oxygens (including phenoxy) is 2. The first kappa shape index (κ1) is 21.3. The first-order chi connectivity index (χ1) is 16.6. The number of aliphatic carboxylic acids is 1. The molecule has 2 atom stereocenters. The standard InChI is InChI=1S/C30H30O4/c31-30(32)18-27(20-6-7-20)24-11-10-22-12-15-28(34-29(22)17-24)21-8-4-19(5-9-21)23-2-1-3-26(16-23)33-25-13-14-25/h1-5,8-11,16-17,20,25,27-28H,6-7,12-15,18H2,(H,31,32). The molecule has 0 saturated heterocycles. The van der Waals surface area contributed by atoms with Crippen LogP contribution in [0.25, 0.3) is 11.1 Å². The van der Waals surface area contributed by atoms with Gasteiger partial charge >= 0.3 is 5.97 Å². The Morgan fingerprint density at radius 1 is 0.941 bits per heavy atom. The Bertz CT molecular complexity index is 1190. The third-order valence-corrected chi connectivity index (χ3v) is 7.33. The molecule has 3 aromatic rings. The van der Waals surface area contributed by atoms with Crippen LogP contribution >= 0.6 is 0 Å². The van der Waals surface area contributed by atoms with Crippen LogP contribution in [0.5, 0.6) is 11.5 Å². The molecule has 2 aliphatic carbocycles. The Kier molecular flexibility index (Phi) is 5.52. The van der Waals surface area contributed by atoms with Crippen LogP contribution in [0.1, 0.15) is 67.2 Å². The highest BCUT2D eigenvalue weighted by Crippen LogP contribution is 2.46. The Morgan fingerprint density at radius 2 is 1.76 bits per heavy atom. The van der Waals surface area contributed by atoms with Crippen molar-refractivity contribution in [2.24, 2.45) is 5.92 Å². The van der Waals surface area contributed by atoms with E-state index in [1.807, 2.05) is 6.07 Å². The molecule has 0 spiro atoms. The van der Waals surface area contributed by atoms with Gasteiger partial charge in [0.2, 0.25) is 0 Å². The maximum absolute atomic E-state index is 11.4. The van der Waals surface area contributed by atoms with Crippen LogP contribution in [0.3, 0.4) is 0 Å². The van der Waals surface area contributed by atoms with E-state index >= 15 is 0 Å². The van der Waals surface area contributed by atoms with E-state index in [1.165, 1.54) is 16.7 Å². The molecule has 3 aliphatic rings. The average Bonchev–Trinajstić information content (AvgIpc) is 3.78. The van der Waals surface area contributed by atoms with E-state index in [1.54, 1.807) is 0 Å². The summed E-state index contributed by atoms with van der Waals surface area (Å²) < 4.78 is 12.4. The van der Waals surface area contributed by atoms with Crippen LogP contribution in [-0.4, -0.2) is 17.2 Å². The Balaban J connectivity index is 1.18. The molecule has 6 rings (SSSR count). The fourth-order valence-electron chi connectivity index (χ4n) is 5.11. The van der Waals surface area contributed by atoms with Gasteiger partial charge in [0.05, 0.1) is 12.5 Å². The van der Waals surface area contributed by atoms with Crippen LogP contribution in [0, 0.1) is 5.92 Å². The Labute approximate surface area is 200 Å². The summed E-state index contributed by atoms with van der Waals surface area (Å²) in [6, 6.07) is 23.3. The minimum absolute atomic E-state index is 0.0141. The summed E-state index contributed by atoms with van der Waals surface area (Å²) in [4.78, 5) is 11.4. The number of fused-ring (bicyclic) bond motifs is 1. The van der Waals surface area contributed by atoms with Gasteiger partial charge in [-0.15, -0.1) is 0 Å². The van der Waals surface area contributed by atoms with Crippen molar-refractivity contribution in [2.45, 2.75) is 63.1 Å². The highest BCUT2D eigenvalue weighted by molar-refractivity contribution is 5.68. The predicted molar refractivity (Wildman–Crippen MR) is 131 cm³/mol. The van der Waals surface area contributed by atoms with E-state index in [-0.39, 0.29) is 18.4 Å². The Morgan fingerprint density at radius 3 is 2.50 bits per heavy atom. The fourth-order valence-corrected chi connectivity index (χ4v) is 5.11. The zero-order valence-electron chi connectivity index (χ0n) is 19.3. The fraction of sp³-hybridized carbons (Fsp3) is 0.367. The van der Waals surface area contributed by atoms with E-state index in [0.29, 0.717) is 12.0 Å². The van der Waals surface area contributed by atoms with E-state index in [9.17, 15) is 9.90 Å². The topological polar surface area (TPSA) is 55.8 Å². The van der Waals surface area contributed by atoms with Crippen LogP contribution in [0.4, 0.5) is 0 Å². The summed E-state index contributed by atoms with van der Waals surface area (Å²) >= 11 is 0. The van der Waals surface area contributed by atoms with Crippen LogP contribution in [0.2, 0.25) is 0 Å².